The minimum Gasteiger partial charge on any atom is -0.495 e. The van der Waals surface area contributed by atoms with Gasteiger partial charge in [-0.15, -0.1) is 0 Å². The third-order valence-electron chi connectivity index (χ3n) is 4.59. The summed E-state index contributed by atoms with van der Waals surface area (Å²) < 4.78 is 30.9. The van der Waals surface area contributed by atoms with Crippen molar-refractivity contribution in [1.29, 1.82) is 0 Å². The molecule has 0 radical (unpaired) electrons. The van der Waals surface area contributed by atoms with Crippen LogP contribution in [0.4, 0.5) is 5.69 Å². The lowest BCUT2D eigenvalue weighted by Crippen LogP contribution is -2.48. The van der Waals surface area contributed by atoms with E-state index in [0.29, 0.717) is 23.9 Å². The average molecular weight is 419 g/mol. The van der Waals surface area contributed by atoms with Gasteiger partial charge >= 0.3 is 0 Å². The molecule has 0 saturated carbocycles. The van der Waals surface area contributed by atoms with Crippen LogP contribution in [0, 0.1) is 5.92 Å². The number of sulfonamides is 1. The molecule has 0 spiro atoms. The number of ether oxygens (including phenoxy) is 1. The molecule has 0 aliphatic carbocycles. The number of rotatable bonds is 11. The fraction of sp³-hybridized carbons (Fsp3) is 0.632. The topological polar surface area (TPSA) is 75.7 Å². The van der Waals surface area contributed by atoms with Crippen LogP contribution in [0.15, 0.2) is 18.2 Å². The van der Waals surface area contributed by atoms with Crippen LogP contribution in [0.2, 0.25) is 5.02 Å². The Kier molecular flexibility index (Phi) is 9.39. The maximum atomic E-state index is 12.6. The largest absolute Gasteiger partial charge is 0.495 e. The minimum atomic E-state index is -3.68. The summed E-state index contributed by atoms with van der Waals surface area (Å²) >= 11 is 6.13. The molecule has 0 unspecified atom stereocenters. The Balaban J connectivity index is 2.97. The Morgan fingerprint density at radius 1 is 1.33 bits per heavy atom. The standard InChI is InChI=1S/C19H31ClN2O4S/c1-6-8-9-15(7-2)13-21-19(23)14(3)22(27(5,24)25)16-10-11-18(26-4)17(20)12-16/h10-12,14-15H,6-9,13H2,1-5H3,(H,21,23)/t14-,15-/m1/s1. The fourth-order valence-corrected chi connectivity index (χ4v) is 4.36. The molecule has 2 atom stereocenters. The number of carbonyl (C=O) groups excluding carboxylic acids is 1. The van der Waals surface area contributed by atoms with E-state index < -0.39 is 16.1 Å². The molecule has 1 aromatic rings. The van der Waals surface area contributed by atoms with E-state index in [2.05, 4.69) is 19.2 Å². The van der Waals surface area contributed by atoms with Crippen LogP contribution in [0.25, 0.3) is 0 Å². The van der Waals surface area contributed by atoms with E-state index in [1.807, 2.05) is 0 Å². The van der Waals surface area contributed by atoms with Gasteiger partial charge < -0.3 is 10.1 Å². The van der Waals surface area contributed by atoms with E-state index in [1.165, 1.54) is 13.2 Å². The lowest BCUT2D eigenvalue weighted by Gasteiger charge is -2.29. The number of nitrogens with one attached hydrogen (secondary N) is 1. The molecule has 0 fully saturated rings. The maximum absolute atomic E-state index is 12.6. The normalized spacial score (nSPS) is 13.7. The second-order valence-electron chi connectivity index (χ2n) is 6.72. The number of amides is 1. The van der Waals surface area contributed by atoms with Crippen LogP contribution in [0.3, 0.4) is 0 Å². The van der Waals surface area contributed by atoms with Crippen molar-refractivity contribution in [2.45, 2.75) is 52.5 Å². The molecular formula is C19H31ClN2O4S. The first kappa shape index (κ1) is 23.6. The van der Waals surface area contributed by atoms with E-state index in [4.69, 9.17) is 16.3 Å². The predicted molar refractivity (Wildman–Crippen MR) is 111 cm³/mol. The Labute approximate surface area is 168 Å². The van der Waals surface area contributed by atoms with Gasteiger partial charge in [0.2, 0.25) is 15.9 Å². The number of carbonyl (C=O) groups is 1. The molecule has 0 heterocycles. The summed E-state index contributed by atoms with van der Waals surface area (Å²) in [6.45, 7) is 6.34. The van der Waals surface area contributed by atoms with E-state index >= 15 is 0 Å². The molecule has 0 aliphatic heterocycles. The van der Waals surface area contributed by atoms with Crippen molar-refractivity contribution >= 4 is 33.2 Å². The van der Waals surface area contributed by atoms with Gasteiger partial charge in [0.25, 0.3) is 0 Å². The van der Waals surface area contributed by atoms with Gasteiger partial charge in [-0.2, -0.15) is 0 Å². The van der Waals surface area contributed by atoms with Crippen molar-refractivity contribution in [3.63, 3.8) is 0 Å². The summed E-state index contributed by atoms with van der Waals surface area (Å²) in [6.07, 6.45) is 5.32. The minimum absolute atomic E-state index is 0.280. The van der Waals surface area contributed by atoms with Gasteiger partial charge in [0.15, 0.2) is 0 Å². The molecule has 1 N–H and O–H groups in total. The highest BCUT2D eigenvalue weighted by Gasteiger charge is 2.29. The Morgan fingerprint density at radius 3 is 2.48 bits per heavy atom. The molecule has 8 heteroatoms. The van der Waals surface area contributed by atoms with Crippen molar-refractivity contribution in [2.75, 3.05) is 24.2 Å². The molecule has 1 rings (SSSR count). The number of unbranched alkanes of at least 4 members (excludes halogenated alkanes) is 1. The highest BCUT2D eigenvalue weighted by molar-refractivity contribution is 7.92. The van der Waals surface area contributed by atoms with Gasteiger partial charge in [0.05, 0.1) is 24.1 Å². The van der Waals surface area contributed by atoms with E-state index in [1.54, 1.807) is 19.1 Å². The molecule has 0 aliphatic rings. The van der Waals surface area contributed by atoms with Crippen molar-refractivity contribution < 1.29 is 17.9 Å². The van der Waals surface area contributed by atoms with Gasteiger partial charge in [-0.05, 0) is 37.5 Å². The molecule has 0 aromatic heterocycles. The summed E-state index contributed by atoms with van der Waals surface area (Å²) in [4.78, 5) is 12.6. The highest BCUT2D eigenvalue weighted by atomic mass is 35.5. The number of nitrogens with zero attached hydrogens (tertiary/aromatic N) is 1. The van der Waals surface area contributed by atoms with E-state index in [9.17, 15) is 13.2 Å². The molecule has 1 amide bonds. The lowest BCUT2D eigenvalue weighted by molar-refractivity contribution is -0.122. The second-order valence-corrected chi connectivity index (χ2v) is 8.98. The molecule has 27 heavy (non-hydrogen) atoms. The van der Waals surface area contributed by atoms with Gasteiger partial charge in [0, 0.05) is 6.54 Å². The number of hydrogen-bond acceptors (Lipinski definition) is 4. The number of methoxy groups -OCH3 is 1. The molecule has 0 saturated heterocycles. The van der Waals surface area contributed by atoms with Crippen LogP contribution < -0.4 is 14.4 Å². The summed E-state index contributed by atoms with van der Waals surface area (Å²) in [6, 6.07) is 3.75. The van der Waals surface area contributed by atoms with Gasteiger partial charge in [0.1, 0.15) is 11.8 Å². The number of anilines is 1. The summed E-state index contributed by atoms with van der Waals surface area (Å²) in [5.74, 6) is 0.498. The molecule has 1 aromatic carbocycles. The summed E-state index contributed by atoms with van der Waals surface area (Å²) in [5.41, 5.74) is 0.323. The van der Waals surface area contributed by atoms with Crippen molar-refractivity contribution in [2.24, 2.45) is 5.92 Å². The zero-order valence-corrected chi connectivity index (χ0v) is 18.4. The number of benzene rings is 1. The van der Waals surface area contributed by atoms with Crippen LogP contribution in [-0.2, 0) is 14.8 Å². The van der Waals surface area contributed by atoms with Crippen LogP contribution in [-0.4, -0.2) is 40.3 Å². The van der Waals surface area contributed by atoms with Gasteiger partial charge in [-0.25, -0.2) is 8.42 Å². The maximum Gasteiger partial charge on any atom is 0.243 e. The zero-order chi connectivity index (χ0) is 20.6. The first-order valence-electron chi connectivity index (χ1n) is 9.26. The molecule has 6 nitrogen and oxygen atoms in total. The smallest absolute Gasteiger partial charge is 0.243 e. The molecule has 154 valence electrons. The first-order valence-corrected chi connectivity index (χ1v) is 11.5. The third kappa shape index (κ3) is 6.88. The zero-order valence-electron chi connectivity index (χ0n) is 16.8. The first-order chi connectivity index (χ1) is 12.6. The lowest BCUT2D eigenvalue weighted by atomic mass is 9.99. The summed E-state index contributed by atoms with van der Waals surface area (Å²) in [5, 5.41) is 3.18. The third-order valence-corrected chi connectivity index (χ3v) is 6.12. The van der Waals surface area contributed by atoms with E-state index in [-0.39, 0.29) is 10.9 Å². The highest BCUT2D eigenvalue weighted by Crippen LogP contribution is 2.31. The van der Waals surface area contributed by atoms with Crippen molar-refractivity contribution in [1.82, 2.24) is 5.32 Å². The quantitative estimate of drug-likeness (QED) is 0.592. The number of hydrogen-bond donors (Lipinski definition) is 1. The predicted octanol–water partition coefficient (Wildman–Crippen LogP) is 3.84. The Hall–Kier alpha value is -1.47. The van der Waals surface area contributed by atoms with E-state index in [0.717, 1.165) is 36.2 Å². The summed E-state index contributed by atoms with van der Waals surface area (Å²) in [7, 11) is -2.20. The fourth-order valence-electron chi connectivity index (χ4n) is 2.94. The molecular weight excluding hydrogens is 388 g/mol. The number of halogens is 1. The molecule has 0 bridgehead atoms. The van der Waals surface area contributed by atoms with Crippen LogP contribution >= 0.6 is 11.6 Å². The van der Waals surface area contributed by atoms with Crippen LogP contribution in [0.5, 0.6) is 5.75 Å². The monoisotopic (exact) mass is 418 g/mol. The van der Waals surface area contributed by atoms with Gasteiger partial charge in [-0.3, -0.25) is 9.10 Å². The van der Waals surface area contributed by atoms with Gasteiger partial charge in [-0.1, -0.05) is 44.7 Å². The average Bonchev–Trinajstić information content (AvgIpc) is 2.60. The Bertz CT molecular complexity index is 724. The SMILES string of the molecule is CCCC[C@@H](CC)CNC(=O)[C@@H](C)N(c1ccc(OC)c(Cl)c1)S(C)(=O)=O. The van der Waals surface area contributed by atoms with Crippen LogP contribution in [0.1, 0.15) is 46.5 Å². The van der Waals surface area contributed by atoms with Crippen molar-refractivity contribution in [3.8, 4) is 5.75 Å². The van der Waals surface area contributed by atoms with Crippen molar-refractivity contribution in [3.05, 3.63) is 23.2 Å². The second kappa shape index (κ2) is 10.8. The Morgan fingerprint density at radius 2 is 2.00 bits per heavy atom.